The second-order valence-corrected chi connectivity index (χ2v) is 5.26. The van der Waals surface area contributed by atoms with E-state index in [9.17, 15) is 26.4 Å². The van der Waals surface area contributed by atoms with E-state index in [-0.39, 0.29) is 0 Å². The first-order valence-electron chi connectivity index (χ1n) is 4.40. The molecular weight excluding hydrogens is 269 g/mol. The van der Waals surface area contributed by atoms with Gasteiger partial charge in [-0.2, -0.15) is 21.6 Å². The van der Waals surface area contributed by atoms with Crippen molar-refractivity contribution in [3.63, 3.8) is 0 Å². The number of carbonyl (C=O) groups excluding carboxylic acids is 1. The molecule has 1 saturated heterocycles. The third-order valence-corrected chi connectivity index (χ3v) is 3.66. The summed E-state index contributed by atoms with van der Waals surface area (Å²) in [7, 11) is -3.82. The maximum Gasteiger partial charge on any atom is 0.508 e. The Morgan fingerprint density at radius 1 is 1.47 bits per heavy atom. The standard InChI is InChI=1S/C7H9F3O6S/c1-4-5(2-15-17(4,12)13)16-6(11)14-3-7(8,9)10/h4-5H,2-3H2,1H3. The second kappa shape index (κ2) is 4.69. The lowest BCUT2D eigenvalue weighted by atomic mass is 10.3. The third-order valence-electron chi connectivity index (χ3n) is 1.98. The molecule has 0 radical (unpaired) electrons. The summed E-state index contributed by atoms with van der Waals surface area (Å²) in [4.78, 5) is 10.8. The van der Waals surface area contributed by atoms with Gasteiger partial charge >= 0.3 is 12.3 Å². The van der Waals surface area contributed by atoms with Crippen molar-refractivity contribution in [2.24, 2.45) is 0 Å². The van der Waals surface area contributed by atoms with Crippen molar-refractivity contribution in [3.8, 4) is 0 Å². The minimum absolute atomic E-state index is 0.426. The molecule has 0 aromatic carbocycles. The molecule has 1 aliphatic heterocycles. The molecule has 0 aromatic rings. The lowest BCUT2D eigenvalue weighted by Crippen LogP contribution is -2.31. The first-order chi connectivity index (χ1) is 7.62. The molecule has 1 heterocycles. The topological polar surface area (TPSA) is 78.9 Å². The van der Waals surface area contributed by atoms with E-state index in [2.05, 4.69) is 13.7 Å². The van der Waals surface area contributed by atoms with Crippen molar-refractivity contribution in [1.82, 2.24) is 0 Å². The van der Waals surface area contributed by atoms with E-state index >= 15 is 0 Å². The first kappa shape index (κ1) is 14.0. The largest absolute Gasteiger partial charge is 0.508 e. The predicted molar refractivity (Wildman–Crippen MR) is 46.6 cm³/mol. The molecular formula is C7H9F3O6S. The smallest absolute Gasteiger partial charge is 0.427 e. The van der Waals surface area contributed by atoms with Gasteiger partial charge in [-0.05, 0) is 6.92 Å². The fourth-order valence-electron chi connectivity index (χ4n) is 1.02. The molecule has 0 aromatic heterocycles. The Bertz CT molecular complexity index is 389. The van der Waals surface area contributed by atoms with Crippen molar-refractivity contribution in [2.75, 3.05) is 13.2 Å². The quantitative estimate of drug-likeness (QED) is 0.549. The van der Waals surface area contributed by atoms with Crippen LogP contribution in [0.3, 0.4) is 0 Å². The van der Waals surface area contributed by atoms with Gasteiger partial charge in [-0.3, -0.25) is 4.18 Å². The summed E-state index contributed by atoms with van der Waals surface area (Å²) in [5, 5.41) is -1.14. The summed E-state index contributed by atoms with van der Waals surface area (Å²) in [6.07, 6.45) is -7.41. The third kappa shape index (κ3) is 4.04. The molecule has 1 rings (SSSR count). The molecule has 0 spiro atoms. The molecule has 0 saturated carbocycles. The maximum atomic E-state index is 11.7. The second-order valence-electron chi connectivity index (χ2n) is 3.29. The fraction of sp³-hybridized carbons (Fsp3) is 0.857. The molecule has 2 unspecified atom stereocenters. The van der Waals surface area contributed by atoms with Crippen LogP contribution in [0.15, 0.2) is 0 Å². The van der Waals surface area contributed by atoms with Crippen LogP contribution in [0.2, 0.25) is 0 Å². The Hall–Kier alpha value is -1.03. The van der Waals surface area contributed by atoms with Gasteiger partial charge in [0.2, 0.25) is 0 Å². The van der Waals surface area contributed by atoms with Gasteiger partial charge in [0.1, 0.15) is 18.0 Å². The summed E-state index contributed by atoms with van der Waals surface area (Å²) in [6, 6.07) is 0. The Balaban J connectivity index is 2.43. The summed E-state index contributed by atoms with van der Waals surface area (Å²) in [5.41, 5.74) is 0. The summed E-state index contributed by atoms with van der Waals surface area (Å²) < 4.78 is 69.6. The van der Waals surface area contributed by atoms with Crippen molar-refractivity contribution >= 4 is 16.3 Å². The molecule has 17 heavy (non-hydrogen) atoms. The molecule has 0 bridgehead atoms. The van der Waals surface area contributed by atoms with Gasteiger partial charge in [0, 0.05) is 0 Å². The lowest BCUT2D eigenvalue weighted by molar-refractivity contribution is -0.167. The molecule has 10 heteroatoms. The van der Waals surface area contributed by atoms with Gasteiger partial charge in [0.05, 0.1) is 0 Å². The minimum atomic E-state index is -4.66. The zero-order chi connectivity index (χ0) is 13.3. The Labute approximate surface area is 94.8 Å². The van der Waals surface area contributed by atoms with Gasteiger partial charge in [-0.15, -0.1) is 0 Å². The molecule has 2 atom stereocenters. The van der Waals surface area contributed by atoms with Crippen molar-refractivity contribution < 1.29 is 40.0 Å². The van der Waals surface area contributed by atoms with Gasteiger partial charge in [0.15, 0.2) is 6.61 Å². The van der Waals surface area contributed by atoms with E-state index in [0.29, 0.717) is 0 Å². The van der Waals surface area contributed by atoms with Crippen LogP contribution in [0.1, 0.15) is 6.92 Å². The van der Waals surface area contributed by atoms with Crippen molar-refractivity contribution in [1.29, 1.82) is 0 Å². The van der Waals surface area contributed by atoms with Crippen LogP contribution in [0.25, 0.3) is 0 Å². The maximum absolute atomic E-state index is 11.7. The molecule has 1 fully saturated rings. The Morgan fingerprint density at radius 2 is 2.06 bits per heavy atom. The highest BCUT2D eigenvalue weighted by molar-refractivity contribution is 7.87. The highest BCUT2D eigenvalue weighted by Gasteiger charge is 2.41. The van der Waals surface area contributed by atoms with E-state index in [1.54, 1.807) is 0 Å². The highest BCUT2D eigenvalue weighted by atomic mass is 32.2. The molecule has 0 amide bonds. The number of rotatable bonds is 2. The van der Waals surface area contributed by atoms with Crippen LogP contribution < -0.4 is 0 Å². The van der Waals surface area contributed by atoms with Gasteiger partial charge in [-0.1, -0.05) is 0 Å². The molecule has 0 N–H and O–H groups in total. The van der Waals surface area contributed by atoms with Gasteiger partial charge < -0.3 is 9.47 Å². The average molecular weight is 278 g/mol. The van der Waals surface area contributed by atoms with Crippen LogP contribution in [-0.2, 0) is 23.8 Å². The van der Waals surface area contributed by atoms with Crippen molar-refractivity contribution in [3.05, 3.63) is 0 Å². The minimum Gasteiger partial charge on any atom is -0.427 e. The first-order valence-corrected chi connectivity index (χ1v) is 5.87. The zero-order valence-corrected chi connectivity index (χ0v) is 9.38. The fourth-order valence-corrected chi connectivity index (χ4v) is 2.06. The number of carbonyl (C=O) groups is 1. The molecule has 100 valence electrons. The van der Waals surface area contributed by atoms with Crippen LogP contribution in [0.5, 0.6) is 0 Å². The summed E-state index contributed by atoms with van der Waals surface area (Å²) in [6.45, 7) is -1.00. The van der Waals surface area contributed by atoms with Crippen LogP contribution in [-0.4, -0.2) is 45.3 Å². The summed E-state index contributed by atoms with van der Waals surface area (Å²) >= 11 is 0. The number of alkyl halides is 3. The van der Waals surface area contributed by atoms with Crippen LogP contribution in [0.4, 0.5) is 18.0 Å². The van der Waals surface area contributed by atoms with E-state index in [0.717, 1.165) is 0 Å². The summed E-state index contributed by atoms with van der Waals surface area (Å²) in [5.74, 6) is 0. The van der Waals surface area contributed by atoms with Crippen LogP contribution >= 0.6 is 0 Å². The molecule has 6 nitrogen and oxygen atoms in total. The van der Waals surface area contributed by atoms with E-state index < -0.39 is 47.0 Å². The number of halogens is 3. The average Bonchev–Trinajstić information content (AvgIpc) is 2.41. The van der Waals surface area contributed by atoms with Gasteiger partial charge in [0.25, 0.3) is 10.1 Å². The SMILES string of the molecule is CC1C(OC(=O)OCC(F)(F)F)COS1(=O)=O. The van der Waals surface area contributed by atoms with E-state index in [1.807, 2.05) is 0 Å². The van der Waals surface area contributed by atoms with Gasteiger partial charge in [-0.25, -0.2) is 4.79 Å². The van der Waals surface area contributed by atoms with E-state index in [4.69, 9.17) is 0 Å². The molecule has 0 aliphatic carbocycles. The number of hydrogen-bond donors (Lipinski definition) is 0. The Morgan fingerprint density at radius 3 is 2.47 bits per heavy atom. The zero-order valence-electron chi connectivity index (χ0n) is 8.56. The lowest BCUT2D eigenvalue weighted by Gasteiger charge is -2.13. The predicted octanol–water partition coefficient (Wildman–Crippen LogP) is 0.819. The number of hydrogen-bond acceptors (Lipinski definition) is 6. The normalized spacial score (nSPS) is 27.8. The highest BCUT2D eigenvalue weighted by Crippen LogP contribution is 2.21. The van der Waals surface area contributed by atoms with Crippen molar-refractivity contribution in [2.45, 2.75) is 24.5 Å². The monoisotopic (exact) mass is 278 g/mol. The number of ether oxygens (including phenoxy) is 2. The van der Waals surface area contributed by atoms with Crippen LogP contribution in [0, 0.1) is 0 Å². The molecule has 1 aliphatic rings. The Kier molecular flexibility index (Phi) is 3.87. The van der Waals surface area contributed by atoms with E-state index in [1.165, 1.54) is 6.92 Å².